The Balaban J connectivity index is 2.78. The second-order valence-corrected chi connectivity index (χ2v) is 4.33. The zero-order valence-electron chi connectivity index (χ0n) is 9.75. The second-order valence-electron chi connectivity index (χ2n) is 4.33. The Kier molecular flexibility index (Phi) is 3.97. The van der Waals surface area contributed by atoms with Gasteiger partial charge in [0.15, 0.2) is 0 Å². The van der Waals surface area contributed by atoms with E-state index < -0.39 is 0 Å². The van der Waals surface area contributed by atoms with Crippen LogP contribution in [0.1, 0.15) is 47.0 Å². The van der Waals surface area contributed by atoms with Gasteiger partial charge in [-0.1, -0.05) is 34.1 Å². The van der Waals surface area contributed by atoms with Gasteiger partial charge in [-0.3, -0.25) is 4.79 Å². The van der Waals surface area contributed by atoms with Crippen LogP contribution in [0.4, 0.5) is 0 Å². The minimum absolute atomic E-state index is 0.0318. The summed E-state index contributed by atoms with van der Waals surface area (Å²) in [5, 5.41) is 0. The molecule has 0 aromatic rings. The standard InChI is InChI=1S/C12H22O2/c1-5-9-8(4)11(7-3)14-12(13)10(9)6-2/h8-11H,5-7H2,1-4H3. The van der Waals surface area contributed by atoms with Crippen LogP contribution in [0, 0.1) is 17.8 Å². The molecule has 1 fully saturated rings. The summed E-state index contributed by atoms with van der Waals surface area (Å²) in [7, 11) is 0. The molecule has 1 heterocycles. The molecule has 0 amide bonds. The van der Waals surface area contributed by atoms with Gasteiger partial charge in [0.25, 0.3) is 0 Å². The highest BCUT2D eigenvalue weighted by Gasteiger charge is 2.40. The molecule has 82 valence electrons. The Morgan fingerprint density at radius 2 is 1.79 bits per heavy atom. The molecule has 14 heavy (non-hydrogen) atoms. The number of ether oxygens (including phenoxy) is 1. The van der Waals surface area contributed by atoms with Crippen LogP contribution >= 0.6 is 0 Å². The molecule has 1 rings (SSSR count). The van der Waals surface area contributed by atoms with E-state index in [0.29, 0.717) is 11.8 Å². The van der Waals surface area contributed by atoms with Crippen LogP contribution in [0.15, 0.2) is 0 Å². The lowest BCUT2D eigenvalue weighted by Crippen LogP contribution is -2.43. The van der Waals surface area contributed by atoms with Crippen molar-refractivity contribution in [3.63, 3.8) is 0 Å². The van der Waals surface area contributed by atoms with Gasteiger partial charge in [-0.2, -0.15) is 0 Å². The predicted octanol–water partition coefficient (Wildman–Crippen LogP) is 3.01. The van der Waals surface area contributed by atoms with Gasteiger partial charge in [-0.25, -0.2) is 0 Å². The highest BCUT2D eigenvalue weighted by atomic mass is 16.5. The molecule has 0 bridgehead atoms. The van der Waals surface area contributed by atoms with Gasteiger partial charge in [-0.15, -0.1) is 0 Å². The van der Waals surface area contributed by atoms with Crippen molar-refractivity contribution in [3.8, 4) is 0 Å². The molecule has 1 saturated heterocycles. The fourth-order valence-electron chi connectivity index (χ4n) is 2.74. The lowest BCUT2D eigenvalue weighted by atomic mass is 9.74. The van der Waals surface area contributed by atoms with E-state index in [9.17, 15) is 4.79 Å². The summed E-state index contributed by atoms with van der Waals surface area (Å²) in [5.41, 5.74) is 0. The Morgan fingerprint density at radius 1 is 1.14 bits per heavy atom. The zero-order chi connectivity index (χ0) is 10.7. The van der Waals surface area contributed by atoms with Crippen molar-refractivity contribution in [2.45, 2.75) is 53.1 Å². The third kappa shape index (κ3) is 1.94. The number of esters is 1. The summed E-state index contributed by atoms with van der Waals surface area (Å²) in [6.07, 6.45) is 3.10. The first kappa shape index (κ1) is 11.5. The molecule has 0 spiro atoms. The maximum atomic E-state index is 11.7. The smallest absolute Gasteiger partial charge is 0.309 e. The van der Waals surface area contributed by atoms with Crippen LogP contribution in [0.2, 0.25) is 0 Å². The third-order valence-corrected chi connectivity index (χ3v) is 3.66. The Bertz CT molecular complexity index is 200. The van der Waals surface area contributed by atoms with E-state index in [2.05, 4.69) is 27.7 Å². The molecule has 2 nitrogen and oxygen atoms in total. The monoisotopic (exact) mass is 198 g/mol. The van der Waals surface area contributed by atoms with Crippen LogP contribution in [0.3, 0.4) is 0 Å². The average molecular weight is 198 g/mol. The number of hydrogen-bond donors (Lipinski definition) is 0. The van der Waals surface area contributed by atoms with E-state index >= 15 is 0 Å². The number of cyclic esters (lactones) is 1. The number of carbonyl (C=O) groups excluding carboxylic acids is 1. The largest absolute Gasteiger partial charge is 0.462 e. The normalized spacial score (nSPS) is 38.1. The van der Waals surface area contributed by atoms with Crippen LogP contribution < -0.4 is 0 Å². The topological polar surface area (TPSA) is 26.3 Å². The van der Waals surface area contributed by atoms with Crippen LogP contribution in [-0.2, 0) is 9.53 Å². The van der Waals surface area contributed by atoms with Crippen molar-refractivity contribution in [1.29, 1.82) is 0 Å². The maximum Gasteiger partial charge on any atom is 0.309 e. The molecule has 1 aliphatic rings. The molecule has 0 N–H and O–H groups in total. The van der Waals surface area contributed by atoms with Crippen molar-refractivity contribution in [1.82, 2.24) is 0 Å². The van der Waals surface area contributed by atoms with E-state index in [4.69, 9.17) is 4.74 Å². The van der Waals surface area contributed by atoms with Crippen molar-refractivity contribution >= 4 is 5.97 Å². The summed E-state index contributed by atoms with van der Waals surface area (Å²) in [5.74, 6) is 1.21. The van der Waals surface area contributed by atoms with Crippen LogP contribution in [0.25, 0.3) is 0 Å². The van der Waals surface area contributed by atoms with Gasteiger partial charge in [-0.05, 0) is 24.7 Å². The van der Waals surface area contributed by atoms with E-state index in [1.54, 1.807) is 0 Å². The molecule has 4 atom stereocenters. The molecule has 4 unspecified atom stereocenters. The van der Waals surface area contributed by atoms with Gasteiger partial charge in [0.2, 0.25) is 0 Å². The first-order valence-corrected chi connectivity index (χ1v) is 5.86. The molecule has 0 radical (unpaired) electrons. The van der Waals surface area contributed by atoms with Gasteiger partial charge < -0.3 is 4.74 Å². The van der Waals surface area contributed by atoms with E-state index in [1.165, 1.54) is 0 Å². The summed E-state index contributed by atoms with van der Waals surface area (Å²) in [4.78, 5) is 11.7. The quantitative estimate of drug-likeness (QED) is 0.652. The summed E-state index contributed by atoms with van der Waals surface area (Å²) in [6, 6.07) is 0. The lowest BCUT2D eigenvalue weighted by molar-refractivity contribution is -0.172. The minimum Gasteiger partial charge on any atom is -0.462 e. The summed E-state index contributed by atoms with van der Waals surface area (Å²) < 4.78 is 5.44. The Hall–Kier alpha value is -0.530. The zero-order valence-corrected chi connectivity index (χ0v) is 9.75. The predicted molar refractivity (Wildman–Crippen MR) is 56.9 cm³/mol. The van der Waals surface area contributed by atoms with Crippen LogP contribution in [0.5, 0.6) is 0 Å². The molecule has 1 aliphatic heterocycles. The second kappa shape index (κ2) is 4.81. The highest BCUT2D eigenvalue weighted by molar-refractivity contribution is 5.73. The maximum absolute atomic E-state index is 11.7. The van der Waals surface area contributed by atoms with Gasteiger partial charge >= 0.3 is 5.97 Å². The SMILES string of the molecule is CCC1OC(=O)C(CC)C(CC)C1C. The molecule has 0 aliphatic carbocycles. The van der Waals surface area contributed by atoms with E-state index in [1.807, 2.05) is 0 Å². The van der Waals surface area contributed by atoms with E-state index in [-0.39, 0.29) is 18.0 Å². The van der Waals surface area contributed by atoms with E-state index in [0.717, 1.165) is 19.3 Å². The van der Waals surface area contributed by atoms with Gasteiger partial charge in [0.1, 0.15) is 6.10 Å². The van der Waals surface area contributed by atoms with Crippen molar-refractivity contribution in [2.75, 3.05) is 0 Å². The number of rotatable bonds is 3. The molecule has 0 aromatic heterocycles. The van der Waals surface area contributed by atoms with Crippen molar-refractivity contribution < 1.29 is 9.53 Å². The molecule has 0 saturated carbocycles. The fraction of sp³-hybridized carbons (Fsp3) is 0.917. The van der Waals surface area contributed by atoms with Crippen molar-refractivity contribution in [3.05, 3.63) is 0 Å². The number of hydrogen-bond acceptors (Lipinski definition) is 2. The Labute approximate surface area is 87.0 Å². The summed E-state index contributed by atoms with van der Waals surface area (Å²) >= 11 is 0. The van der Waals surface area contributed by atoms with Gasteiger partial charge in [0, 0.05) is 0 Å². The summed E-state index contributed by atoms with van der Waals surface area (Å²) in [6.45, 7) is 8.56. The fourth-order valence-corrected chi connectivity index (χ4v) is 2.74. The minimum atomic E-state index is 0.0318. The lowest BCUT2D eigenvalue weighted by Gasteiger charge is -2.39. The molecule has 0 aromatic carbocycles. The highest BCUT2D eigenvalue weighted by Crippen LogP contribution is 2.37. The first-order chi connectivity index (χ1) is 6.65. The van der Waals surface area contributed by atoms with Crippen LogP contribution in [-0.4, -0.2) is 12.1 Å². The average Bonchev–Trinajstić information content (AvgIpc) is 2.20. The first-order valence-electron chi connectivity index (χ1n) is 5.86. The number of carbonyl (C=O) groups is 1. The molecular formula is C12H22O2. The Morgan fingerprint density at radius 3 is 2.21 bits per heavy atom. The van der Waals surface area contributed by atoms with Crippen molar-refractivity contribution in [2.24, 2.45) is 17.8 Å². The molecule has 2 heteroatoms. The third-order valence-electron chi connectivity index (χ3n) is 3.66. The molecular weight excluding hydrogens is 176 g/mol. The van der Waals surface area contributed by atoms with Gasteiger partial charge in [0.05, 0.1) is 5.92 Å².